The highest BCUT2D eigenvalue weighted by molar-refractivity contribution is 5.27. The van der Waals surface area contributed by atoms with Gasteiger partial charge < -0.3 is 15.2 Å². The fourth-order valence-electron chi connectivity index (χ4n) is 2.14. The van der Waals surface area contributed by atoms with E-state index in [0.717, 1.165) is 37.4 Å². The van der Waals surface area contributed by atoms with Gasteiger partial charge in [0.15, 0.2) is 0 Å². The molecule has 0 heterocycles. The van der Waals surface area contributed by atoms with Crippen LogP contribution in [0.15, 0.2) is 48.5 Å². The molecule has 0 aliphatic carbocycles. The molecular weight excluding hydrogens is 274 g/mol. The molecule has 2 aromatic carbocycles. The van der Waals surface area contributed by atoms with Gasteiger partial charge in [-0.1, -0.05) is 29.8 Å². The smallest absolute Gasteiger partial charge is 0.119 e. The fraction of sp³-hybridized carbons (Fsp3) is 0.368. The number of ether oxygens (including phenoxy) is 2. The summed E-state index contributed by atoms with van der Waals surface area (Å²) in [7, 11) is 0. The van der Waals surface area contributed by atoms with Gasteiger partial charge in [0, 0.05) is 0 Å². The Morgan fingerprint density at radius 1 is 0.773 bits per heavy atom. The average Bonchev–Trinajstić information content (AvgIpc) is 2.54. The van der Waals surface area contributed by atoms with Crippen LogP contribution in [0.2, 0.25) is 0 Å². The zero-order chi connectivity index (χ0) is 15.6. The molecular formula is C19H25NO2. The van der Waals surface area contributed by atoms with E-state index in [-0.39, 0.29) is 0 Å². The van der Waals surface area contributed by atoms with E-state index in [0.29, 0.717) is 13.2 Å². The molecule has 2 rings (SSSR count). The van der Waals surface area contributed by atoms with Crippen molar-refractivity contribution in [3.05, 3.63) is 59.7 Å². The first kappa shape index (κ1) is 16.4. The second-order valence-electron chi connectivity index (χ2n) is 5.40. The summed E-state index contributed by atoms with van der Waals surface area (Å²) < 4.78 is 11.4. The predicted molar refractivity (Wildman–Crippen MR) is 90.6 cm³/mol. The summed E-state index contributed by atoms with van der Waals surface area (Å²) in [6, 6.07) is 16.3. The van der Waals surface area contributed by atoms with E-state index >= 15 is 0 Å². The molecule has 2 aromatic rings. The van der Waals surface area contributed by atoms with Gasteiger partial charge in [-0.15, -0.1) is 0 Å². The van der Waals surface area contributed by atoms with E-state index in [4.69, 9.17) is 15.2 Å². The molecule has 0 radical (unpaired) electrons. The molecule has 2 N–H and O–H groups in total. The molecule has 3 heteroatoms. The highest BCUT2D eigenvalue weighted by Gasteiger charge is 1.97. The van der Waals surface area contributed by atoms with Crippen LogP contribution < -0.4 is 15.2 Å². The van der Waals surface area contributed by atoms with Crippen molar-refractivity contribution in [2.75, 3.05) is 19.8 Å². The molecule has 0 aliphatic heterocycles. The molecule has 0 amide bonds. The van der Waals surface area contributed by atoms with E-state index in [1.807, 2.05) is 24.3 Å². The van der Waals surface area contributed by atoms with Crippen molar-refractivity contribution >= 4 is 0 Å². The van der Waals surface area contributed by atoms with Gasteiger partial charge in [-0.25, -0.2) is 0 Å². The lowest BCUT2D eigenvalue weighted by Crippen LogP contribution is -2.03. The molecule has 0 saturated carbocycles. The normalized spacial score (nSPS) is 10.5. The summed E-state index contributed by atoms with van der Waals surface area (Å²) >= 11 is 0. The maximum Gasteiger partial charge on any atom is 0.119 e. The van der Waals surface area contributed by atoms with Crippen LogP contribution in [0.3, 0.4) is 0 Å². The fourth-order valence-corrected chi connectivity index (χ4v) is 2.14. The van der Waals surface area contributed by atoms with Crippen molar-refractivity contribution in [2.45, 2.75) is 26.2 Å². The van der Waals surface area contributed by atoms with Crippen LogP contribution in [0, 0.1) is 6.92 Å². The van der Waals surface area contributed by atoms with Crippen LogP contribution in [0.1, 0.15) is 24.0 Å². The lowest BCUT2D eigenvalue weighted by molar-refractivity contribution is 0.266. The van der Waals surface area contributed by atoms with Crippen LogP contribution in [0.4, 0.5) is 0 Å². The van der Waals surface area contributed by atoms with Gasteiger partial charge in [-0.05, 0) is 62.6 Å². The molecule has 3 nitrogen and oxygen atoms in total. The highest BCUT2D eigenvalue weighted by Crippen LogP contribution is 2.14. The highest BCUT2D eigenvalue weighted by atomic mass is 16.5. The van der Waals surface area contributed by atoms with Crippen molar-refractivity contribution in [3.63, 3.8) is 0 Å². The minimum atomic E-state index is 0.682. The number of hydrogen-bond acceptors (Lipinski definition) is 3. The van der Waals surface area contributed by atoms with Crippen LogP contribution in [-0.2, 0) is 6.42 Å². The van der Waals surface area contributed by atoms with Gasteiger partial charge in [0.2, 0.25) is 0 Å². The van der Waals surface area contributed by atoms with Crippen molar-refractivity contribution in [2.24, 2.45) is 5.73 Å². The Morgan fingerprint density at radius 3 is 1.77 bits per heavy atom. The summed E-state index contributed by atoms with van der Waals surface area (Å²) in [5, 5.41) is 0. The molecule has 0 atom stereocenters. The number of unbranched alkanes of at least 4 members (excludes halogenated alkanes) is 1. The van der Waals surface area contributed by atoms with Crippen molar-refractivity contribution in [3.8, 4) is 11.5 Å². The zero-order valence-electron chi connectivity index (χ0n) is 13.3. The maximum absolute atomic E-state index is 5.72. The second-order valence-corrected chi connectivity index (χ2v) is 5.40. The number of hydrogen-bond donors (Lipinski definition) is 1. The first-order chi connectivity index (χ1) is 10.8. The lowest BCUT2D eigenvalue weighted by atomic mass is 10.1. The largest absolute Gasteiger partial charge is 0.494 e. The van der Waals surface area contributed by atoms with Crippen LogP contribution in [-0.4, -0.2) is 19.8 Å². The van der Waals surface area contributed by atoms with Gasteiger partial charge >= 0.3 is 0 Å². The number of rotatable bonds is 9. The SMILES string of the molecule is Cc1ccc(OCCCCOc2ccc(CCN)cc2)cc1. The van der Waals surface area contributed by atoms with Crippen LogP contribution in [0.25, 0.3) is 0 Å². The minimum absolute atomic E-state index is 0.682. The molecule has 0 saturated heterocycles. The van der Waals surface area contributed by atoms with Crippen molar-refractivity contribution in [1.29, 1.82) is 0 Å². The van der Waals surface area contributed by atoms with Gasteiger partial charge in [-0.3, -0.25) is 0 Å². The van der Waals surface area contributed by atoms with Crippen molar-refractivity contribution < 1.29 is 9.47 Å². The number of aryl methyl sites for hydroxylation is 1. The van der Waals surface area contributed by atoms with E-state index in [9.17, 15) is 0 Å². The Kier molecular flexibility index (Phi) is 6.78. The van der Waals surface area contributed by atoms with E-state index < -0.39 is 0 Å². The molecule has 0 fully saturated rings. The predicted octanol–water partition coefficient (Wildman–Crippen LogP) is 3.73. The molecule has 0 aromatic heterocycles. The van der Waals surface area contributed by atoms with Crippen LogP contribution in [0.5, 0.6) is 11.5 Å². The minimum Gasteiger partial charge on any atom is -0.494 e. The van der Waals surface area contributed by atoms with E-state index in [2.05, 4.69) is 31.2 Å². The number of nitrogens with two attached hydrogens (primary N) is 1. The standard InChI is InChI=1S/C19H25NO2/c1-16-4-8-18(9-5-16)21-14-2-3-15-22-19-10-6-17(7-11-19)12-13-20/h4-11H,2-3,12-15,20H2,1H3. The molecule has 0 unspecified atom stereocenters. The third-order valence-electron chi connectivity index (χ3n) is 3.45. The summed E-state index contributed by atoms with van der Waals surface area (Å²) in [5.74, 6) is 1.85. The number of benzene rings is 2. The molecule has 0 spiro atoms. The zero-order valence-corrected chi connectivity index (χ0v) is 13.3. The second kappa shape index (κ2) is 9.11. The summed E-state index contributed by atoms with van der Waals surface area (Å²) in [6.07, 6.45) is 2.88. The van der Waals surface area contributed by atoms with Crippen molar-refractivity contribution in [1.82, 2.24) is 0 Å². The Bertz CT molecular complexity index is 534. The quantitative estimate of drug-likeness (QED) is 0.717. The molecule has 22 heavy (non-hydrogen) atoms. The Morgan fingerprint density at radius 2 is 1.27 bits per heavy atom. The first-order valence-electron chi connectivity index (χ1n) is 7.89. The summed E-state index contributed by atoms with van der Waals surface area (Å²) in [5.41, 5.74) is 8.03. The first-order valence-corrected chi connectivity index (χ1v) is 7.89. The molecule has 0 bridgehead atoms. The average molecular weight is 299 g/mol. The molecule has 118 valence electrons. The van der Waals surface area contributed by atoms with Gasteiger partial charge in [-0.2, -0.15) is 0 Å². The van der Waals surface area contributed by atoms with Crippen LogP contribution >= 0.6 is 0 Å². The van der Waals surface area contributed by atoms with E-state index in [1.165, 1.54) is 11.1 Å². The molecule has 0 aliphatic rings. The van der Waals surface area contributed by atoms with E-state index in [1.54, 1.807) is 0 Å². The van der Waals surface area contributed by atoms with Gasteiger partial charge in [0.1, 0.15) is 11.5 Å². The summed E-state index contributed by atoms with van der Waals surface area (Å²) in [4.78, 5) is 0. The Hall–Kier alpha value is -2.00. The topological polar surface area (TPSA) is 44.5 Å². The third kappa shape index (κ3) is 5.78. The lowest BCUT2D eigenvalue weighted by Gasteiger charge is -2.08. The maximum atomic E-state index is 5.72. The van der Waals surface area contributed by atoms with Gasteiger partial charge in [0.05, 0.1) is 13.2 Å². The Labute approximate surface area is 133 Å². The third-order valence-corrected chi connectivity index (χ3v) is 3.45. The Balaban J connectivity index is 1.58. The summed E-state index contributed by atoms with van der Waals surface area (Å²) in [6.45, 7) is 4.19. The monoisotopic (exact) mass is 299 g/mol. The van der Waals surface area contributed by atoms with Gasteiger partial charge in [0.25, 0.3) is 0 Å².